The standard InChI is InChI=1S/C10H12N2O6S/c1-17-9(13)6-3-7(10(14)18-2)5-8(4-6)19(15,16)12-11/h3-5,12H,11H2,1-2H3. The van der Waals surface area contributed by atoms with Crippen LogP contribution >= 0.6 is 0 Å². The maximum absolute atomic E-state index is 11.6. The van der Waals surface area contributed by atoms with Gasteiger partial charge < -0.3 is 9.47 Å². The average molecular weight is 288 g/mol. The fourth-order valence-corrected chi connectivity index (χ4v) is 1.99. The van der Waals surface area contributed by atoms with Crippen LogP contribution in [0.1, 0.15) is 20.7 Å². The van der Waals surface area contributed by atoms with E-state index in [4.69, 9.17) is 5.84 Å². The van der Waals surface area contributed by atoms with Gasteiger partial charge in [-0.3, -0.25) is 5.84 Å². The van der Waals surface area contributed by atoms with Gasteiger partial charge >= 0.3 is 11.9 Å². The summed E-state index contributed by atoms with van der Waals surface area (Å²) in [6, 6.07) is 3.23. The van der Waals surface area contributed by atoms with Crippen molar-refractivity contribution in [2.45, 2.75) is 4.90 Å². The third-order valence-electron chi connectivity index (χ3n) is 2.21. The molecule has 0 saturated carbocycles. The second kappa shape index (κ2) is 5.78. The largest absolute Gasteiger partial charge is 0.465 e. The molecule has 0 bridgehead atoms. The number of esters is 2. The van der Waals surface area contributed by atoms with E-state index in [2.05, 4.69) is 9.47 Å². The molecule has 1 rings (SSSR count). The maximum atomic E-state index is 11.6. The van der Waals surface area contributed by atoms with Crippen LogP contribution in [0.25, 0.3) is 0 Å². The Morgan fingerprint density at radius 2 is 1.47 bits per heavy atom. The molecule has 9 heteroatoms. The smallest absolute Gasteiger partial charge is 0.337 e. The molecule has 3 N–H and O–H groups in total. The predicted molar refractivity (Wildman–Crippen MR) is 63.6 cm³/mol. The molecule has 0 aliphatic carbocycles. The van der Waals surface area contributed by atoms with Crippen molar-refractivity contribution >= 4 is 22.0 Å². The summed E-state index contributed by atoms with van der Waals surface area (Å²) in [6.07, 6.45) is 0. The Morgan fingerprint density at radius 1 is 1.05 bits per heavy atom. The van der Waals surface area contributed by atoms with Crippen molar-refractivity contribution in [2.24, 2.45) is 5.84 Å². The van der Waals surface area contributed by atoms with Crippen LogP contribution < -0.4 is 10.7 Å². The van der Waals surface area contributed by atoms with Crippen molar-refractivity contribution in [3.8, 4) is 0 Å². The van der Waals surface area contributed by atoms with Crippen LogP contribution in [-0.2, 0) is 19.5 Å². The predicted octanol–water partition coefficient (Wildman–Crippen LogP) is -0.588. The van der Waals surface area contributed by atoms with Crippen LogP contribution in [0.2, 0.25) is 0 Å². The Bertz CT molecular complexity index is 576. The van der Waals surface area contributed by atoms with Crippen molar-refractivity contribution < 1.29 is 27.5 Å². The molecule has 1 aromatic carbocycles. The van der Waals surface area contributed by atoms with Gasteiger partial charge in [-0.05, 0) is 18.2 Å². The summed E-state index contributed by atoms with van der Waals surface area (Å²) in [5.74, 6) is 3.30. The molecule has 1 aromatic rings. The second-order valence-electron chi connectivity index (χ2n) is 3.35. The second-order valence-corrected chi connectivity index (χ2v) is 5.06. The van der Waals surface area contributed by atoms with Gasteiger partial charge in [-0.1, -0.05) is 0 Å². The Morgan fingerprint density at radius 3 is 1.79 bits per heavy atom. The van der Waals surface area contributed by atoms with Gasteiger partial charge in [0.15, 0.2) is 0 Å². The average Bonchev–Trinajstić information content (AvgIpc) is 2.44. The molecular weight excluding hydrogens is 276 g/mol. The van der Waals surface area contributed by atoms with Crippen LogP contribution in [0.4, 0.5) is 0 Å². The summed E-state index contributed by atoms with van der Waals surface area (Å²) in [6.45, 7) is 0. The zero-order valence-electron chi connectivity index (χ0n) is 10.2. The Balaban J connectivity index is 3.49. The molecule has 8 nitrogen and oxygen atoms in total. The van der Waals surface area contributed by atoms with Crippen molar-refractivity contribution in [3.05, 3.63) is 29.3 Å². The lowest BCUT2D eigenvalue weighted by Gasteiger charge is -2.07. The van der Waals surface area contributed by atoms with E-state index in [1.807, 2.05) is 0 Å². The van der Waals surface area contributed by atoms with Gasteiger partial charge in [-0.15, -0.1) is 0 Å². The van der Waals surface area contributed by atoms with Gasteiger partial charge in [-0.2, -0.15) is 4.83 Å². The fraction of sp³-hybridized carbons (Fsp3) is 0.200. The minimum absolute atomic E-state index is 0.112. The van der Waals surface area contributed by atoms with E-state index < -0.39 is 22.0 Å². The van der Waals surface area contributed by atoms with Gasteiger partial charge in [-0.25, -0.2) is 18.0 Å². The van der Waals surface area contributed by atoms with E-state index in [1.165, 1.54) is 0 Å². The number of carbonyl (C=O) groups excluding carboxylic acids is 2. The third kappa shape index (κ3) is 3.28. The summed E-state index contributed by atoms with van der Waals surface area (Å²) in [5.41, 5.74) is -0.224. The molecule has 0 saturated heterocycles. The van der Waals surface area contributed by atoms with E-state index in [1.54, 1.807) is 4.83 Å². The number of hydrogen-bond donors (Lipinski definition) is 2. The lowest BCUT2D eigenvalue weighted by Crippen LogP contribution is -2.30. The maximum Gasteiger partial charge on any atom is 0.337 e. The number of methoxy groups -OCH3 is 2. The van der Waals surface area contributed by atoms with Crippen LogP contribution in [-0.4, -0.2) is 34.6 Å². The van der Waals surface area contributed by atoms with Gasteiger partial charge in [0.2, 0.25) is 0 Å². The lowest BCUT2D eigenvalue weighted by molar-refractivity contribution is 0.0598. The number of sulfonamides is 1. The molecule has 0 fully saturated rings. The quantitative estimate of drug-likeness (QED) is 0.431. The first-order valence-electron chi connectivity index (χ1n) is 4.90. The topological polar surface area (TPSA) is 125 Å². The molecule has 0 unspecified atom stereocenters. The number of nitrogens with one attached hydrogen (secondary N) is 1. The molecule has 0 amide bonds. The molecule has 0 spiro atoms. The molecule has 19 heavy (non-hydrogen) atoms. The number of nitrogens with two attached hydrogens (primary N) is 1. The Kier molecular flexibility index (Phi) is 4.59. The molecule has 0 atom stereocenters. The SMILES string of the molecule is COC(=O)c1cc(C(=O)OC)cc(S(=O)(=O)NN)c1. The van der Waals surface area contributed by atoms with Crippen LogP contribution in [0.5, 0.6) is 0 Å². The molecule has 0 heterocycles. The summed E-state index contributed by atoms with van der Waals surface area (Å²) in [5, 5.41) is 0. The van der Waals surface area contributed by atoms with Crippen molar-refractivity contribution in [2.75, 3.05) is 14.2 Å². The summed E-state index contributed by atoms with van der Waals surface area (Å²) in [4.78, 5) is 24.1. The van der Waals surface area contributed by atoms with Gasteiger partial charge in [0.1, 0.15) is 0 Å². The summed E-state index contributed by atoms with van der Waals surface area (Å²) in [7, 11) is -1.76. The fourth-order valence-electron chi connectivity index (χ4n) is 1.29. The molecule has 0 radical (unpaired) electrons. The lowest BCUT2D eigenvalue weighted by atomic mass is 10.1. The highest BCUT2D eigenvalue weighted by Gasteiger charge is 2.19. The zero-order chi connectivity index (χ0) is 14.6. The highest BCUT2D eigenvalue weighted by atomic mass is 32.2. The van der Waals surface area contributed by atoms with Crippen LogP contribution in [0.15, 0.2) is 23.1 Å². The minimum atomic E-state index is -4.01. The van der Waals surface area contributed by atoms with Crippen molar-refractivity contribution in [1.29, 1.82) is 0 Å². The number of ether oxygens (including phenoxy) is 2. The monoisotopic (exact) mass is 288 g/mol. The van der Waals surface area contributed by atoms with Gasteiger partial charge in [0.05, 0.1) is 30.2 Å². The third-order valence-corrected chi connectivity index (χ3v) is 3.38. The van der Waals surface area contributed by atoms with E-state index in [9.17, 15) is 18.0 Å². The first kappa shape index (κ1) is 15.1. The molecule has 0 aliphatic heterocycles. The van der Waals surface area contributed by atoms with Crippen LogP contribution in [0.3, 0.4) is 0 Å². The number of hydrazine groups is 1. The number of hydrogen-bond acceptors (Lipinski definition) is 7. The van der Waals surface area contributed by atoms with Gasteiger partial charge in [0.25, 0.3) is 10.0 Å². The zero-order valence-corrected chi connectivity index (χ0v) is 11.0. The van der Waals surface area contributed by atoms with E-state index in [0.29, 0.717) is 0 Å². The van der Waals surface area contributed by atoms with Crippen molar-refractivity contribution in [3.63, 3.8) is 0 Å². The number of rotatable bonds is 4. The normalized spacial score (nSPS) is 10.9. The molecule has 104 valence electrons. The first-order chi connectivity index (χ1) is 8.85. The molecule has 0 aromatic heterocycles. The Labute approximate surface area is 109 Å². The summed E-state index contributed by atoms with van der Waals surface area (Å²) < 4.78 is 32.1. The highest BCUT2D eigenvalue weighted by molar-refractivity contribution is 7.89. The summed E-state index contributed by atoms with van der Waals surface area (Å²) >= 11 is 0. The molecular formula is C10H12N2O6S. The van der Waals surface area contributed by atoms with Crippen molar-refractivity contribution in [1.82, 2.24) is 4.83 Å². The van der Waals surface area contributed by atoms with Gasteiger partial charge in [0, 0.05) is 0 Å². The van der Waals surface area contributed by atoms with Crippen LogP contribution in [0, 0.1) is 0 Å². The number of carbonyl (C=O) groups is 2. The molecule has 0 aliphatic rings. The van der Waals surface area contributed by atoms with E-state index in [0.717, 1.165) is 32.4 Å². The van der Waals surface area contributed by atoms with E-state index in [-0.39, 0.29) is 16.0 Å². The van der Waals surface area contributed by atoms with E-state index >= 15 is 0 Å². The first-order valence-corrected chi connectivity index (χ1v) is 6.38. The minimum Gasteiger partial charge on any atom is -0.465 e. The number of benzene rings is 1. The highest BCUT2D eigenvalue weighted by Crippen LogP contribution is 2.16. The Hall–Kier alpha value is -1.97.